The summed E-state index contributed by atoms with van der Waals surface area (Å²) in [4.78, 5) is 27.5. The Kier molecular flexibility index (Phi) is 5.85. The normalized spacial score (nSPS) is 11.1. The SMILES string of the molecule is Cc1ccc(Cc2nn3c(SCC(=O)Nc4cc(C)cc(C)c4)nnc3[nH]c2=O)cc1. The molecule has 1 amide bonds. The molecule has 0 unspecified atom stereocenters. The average molecular weight is 435 g/mol. The zero-order valence-electron chi connectivity index (χ0n) is 17.5. The van der Waals surface area contributed by atoms with Crippen molar-refractivity contribution in [3.8, 4) is 0 Å². The monoisotopic (exact) mass is 434 g/mol. The van der Waals surface area contributed by atoms with E-state index in [0.717, 1.165) is 27.9 Å². The van der Waals surface area contributed by atoms with E-state index in [1.54, 1.807) is 0 Å². The van der Waals surface area contributed by atoms with Gasteiger partial charge < -0.3 is 5.32 Å². The summed E-state index contributed by atoms with van der Waals surface area (Å²) in [5.74, 6) is 0.230. The third kappa shape index (κ3) is 5.00. The van der Waals surface area contributed by atoms with Crippen molar-refractivity contribution in [2.24, 2.45) is 0 Å². The number of H-pyrrole nitrogens is 1. The number of amides is 1. The topological polar surface area (TPSA) is 105 Å². The molecule has 0 saturated carbocycles. The molecule has 9 heteroatoms. The quantitative estimate of drug-likeness (QED) is 0.452. The Labute approximate surface area is 183 Å². The van der Waals surface area contributed by atoms with Crippen LogP contribution in [-0.4, -0.2) is 36.5 Å². The molecule has 2 N–H and O–H groups in total. The van der Waals surface area contributed by atoms with Crippen LogP contribution in [0.5, 0.6) is 0 Å². The van der Waals surface area contributed by atoms with E-state index < -0.39 is 0 Å². The zero-order valence-corrected chi connectivity index (χ0v) is 18.3. The van der Waals surface area contributed by atoms with E-state index in [-0.39, 0.29) is 23.0 Å². The number of rotatable bonds is 6. The molecule has 8 nitrogen and oxygen atoms in total. The van der Waals surface area contributed by atoms with Crippen LogP contribution >= 0.6 is 11.8 Å². The number of nitrogens with zero attached hydrogens (tertiary/aromatic N) is 4. The first-order valence-corrected chi connectivity index (χ1v) is 10.8. The highest BCUT2D eigenvalue weighted by molar-refractivity contribution is 7.99. The largest absolute Gasteiger partial charge is 0.325 e. The van der Waals surface area contributed by atoms with Crippen molar-refractivity contribution in [1.29, 1.82) is 0 Å². The van der Waals surface area contributed by atoms with Gasteiger partial charge in [0.1, 0.15) is 5.69 Å². The van der Waals surface area contributed by atoms with Gasteiger partial charge in [0.15, 0.2) is 0 Å². The summed E-state index contributed by atoms with van der Waals surface area (Å²) in [5.41, 5.74) is 5.12. The van der Waals surface area contributed by atoms with Crippen LogP contribution in [0.1, 0.15) is 27.9 Å². The third-order valence-corrected chi connectivity index (χ3v) is 5.57. The predicted octanol–water partition coefficient (Wildman–Crippen LogP) is 3.06. The summed E-state index contributed by atoms with van der Waals surface area (Å²) in [6.07, 6.45) is 0.390. The van der Waals surface area contributed by atoms with Gasteiger partial charge in [0.25, 0.3) is 11.3 Å². The van der Waals surface area contributed by atoms with Crippen molar-refractivity contribution in [3.63, 3.8) is 0 Å². The number of thioether (sulfide) groups is 1. The lowest BCUT2D eigenvalue weighted by Gasteiger charge is -2.07. The van der Waals surface area contributed by atoms with Crippen LogP contribution in [0, 0.1) is 20.8 Å². The van der Waals surface area contributed by atoms with Gasteiger partial charge in [0, 0.05) is 12.1 Å². The Bertz CT molecular complexity index is 1290. The number of benzene rings is 2. The second-order valence-electron chi connectivity index (χ2n) is 7.49. The van der Waals surface area contributed by atoms with Crippen LogP contribution in [0.15, 0.2) is 52.4 Å². The van der Waals surface area contributed by atoms with Crippen molar-refractivity contribution in [1.82, 2.24) is 24.8 Å². The number of fused-ring (bicyclic) bond motifs is 1. The molecular formula is C22H22N6O2S. The lowest BCUT2D eigenvalue weighted by atomic mass is 10.1. The Balaban J connectivity index is 1.49. The van der Waals surface area contributed by atoms with Gasteiger partial charge in [-0.15, -0.1) is 10.2 Å². The standard InChI is InChI=1S/C22H22N6O2S/c1-13-4-6-16(7-5-13)11-18-20(30)24-21-25-26-22(28(21)27-18)31-12-19(29)23-17-9-14(2)8-15(3)10-17/h4-10H,11-12H2,1-3H3,(H,23,29)(H,24,25,30). The van der Waals surface area contributed by atoms with Crippen LogP contribution in [0.4, 0.5) is 5.69 Å². The summed E-state index contributed by atoms with van der Waals surface area (Å²) >= 11 is 1.21. The Morgan fingerprint density at radius 2 is 1.74 bits per heavy atom. The van der Waals surface area contributed by atoms with Gasteiger partial charge >= 0.3 is 0 Å². The van der Waals surface area contributed by atoms with E-state index in [1.807, 2.05) is 63.2 Å². The highest BCUT2D eigenvalue weighted by Gasteiger charge is 2.14. The molecule has 4 aromatic rings. The first kappa shape index (κ1) is 20.8. The Morgan fingerprint density at radius 1 is 1.03 bits per heavy atom. The lowest BCUT2D eigenvalue weighted by Crippen LogP contribution is -2.19. The molecule has 2 aromatic heterocycles. The van der Waals surface area contributed by atoms with Crippen LogP contribution in [0.3, 0.4) is 0 Å². The molecule has 0 fully saturated rings. The predicted molar refractivity (Wildman–Crippen MR) is 121 cm³/mol. The molecule has 0 aliphatic carbocycles. The third-order valence-electron chi connectivity index (χ3n) is 4.65. The molecule has 0 atom stereocenters. The smallest absolute Gasteiger partial charge is 0.274 e. The van der Waals surface area contributed by atoms with Gasteiger partial charge in [-0.2, -0.15) is 9.61 Å². The molecule has 2 aromatic carbocycles. The summed E-state index contributed by atoms with van der Waals surface area (Å²) in [7, 11) is 0. The first-order chi connectivity index (χ1) is 14.9. The number of aryl methyl sites for hydroxylation is 3. The molecule has 0 saturated heterocycles. The van der Waals surface area contributed by atoms with Crippen molar-refractivity contribution < 1.29 is 4.79 Å². The number of hydrogen-bond donors (Lipinski definition) is 2. The highest BCUT2D eigenvalue weighted by atomic mass is 32.2. The molecular weight excluding hydrogens is 412 g/mol. The van der Waals surface area contributed by atoms with Gasteiger partial charge in [-0.05, 0) is 49.6 Å². The molecule has 0 radical (unpaired) electrons. The van der Waals surface area contributed by atoms with E-state index in [2.05, 4.69) is 25.6 Å². The number of aromatic amines is 1. The minimum atomic E-state index is -0.301. The van der Waals surface area contributed by atoms with E-state index in [1.165, 1.54) is 16.3 Å². The first-order valence-electron chi connectivity index (χ1n) is 9.78. The van der Waals surface area contributed by atoms with Crippen molar-refractivity contribution in [2.45, 2.75) is 32.3 Å². The minimum Gasteiger partial charge on any atom is -0.325 e. The number of hydrogen-bond acceptors (Lipinski definition) is 6. The second kappa shape index (κ2) is 8.73. The van der Waals surface area contributed by atoms with Gasteiger partial charge in [-0.25, -0.2) is 0 Å². The van der Waals surface area contributed by atoms with Crippen molar-refractivity contribution in [3.05, 3.63) is 80.8 Å². The molecule has 4 rings (SSSR count). The average Bonchev–Trinajstić information content (AvgIpc) is 3.09. The van der Waals surface area contributed by atoms with Gasteiger partial charge in [0.2, 0.25) is 11.1 Å². The number of anilines is 1. The molecule has 2 heterocycles. The van der Waals surface area contributed by atoms with Crippen LogP contribution < -0.4 is 10.9 Å². The molecule has 158 valence electrons. The number of carbonyl (C=O) groups excluding carboxylic acids is 1. The number of nitrogens with one attached hydrogen (secondary N) is 2. The van der Waals surface area contributed by atoms with E-state index in [9.17, 15) is 9.59 Å². The van der Waals surface area contributed by atoms with Crippen LogP contribution in [0.25, 0.3) is 5.78 Å². The fourth-order valence-electron chi connectivity index (χ4n) is 3.25. The summed E-state index contributed by atoms with van der Waals surface area (Å²) in [6.45, 7) is 5.98. The van der Waals surface area contributed by atoms with Crippen LogP contribution in [-0.2, 0) is 11.2 Å². The fraction of sp³-hybridized carbons (Fsp3) is 0.227. The minimum absolute atomic E-state index is 0.141. The lowest BCUT2D eigenvalue weighted by molar-refractivity contribution is -0.113. The summed E-state index contributed by atoms with van der Waals surface area (Å²) in [6, 6.07) is 13.8. The molecule has 0 aliphatic heterocycles. The zero-order chi connectivity index (χ0) is 22.0. The maximum Gasteiger partial charge on any atom is 0.274 e. The number of aromatic nitrogens is 5. The van der Waals surface area contributed by atoms with E-state index in [0.29, 0.717) is 17.3 Å². The molecule has 0 aliphatic rings. The van der Waals surface area contributed by atoms with Gasteiger partial charge in [-0.1, -0.05) is 47.7 Å². The highest BCUT2D eigenvalue weighted by Crippen LogP contribution is 2.17. The Morgan fingerprint density at radius 3 is 2.45 bits per heavy atom. The van der Waals surface area contributed by atoms with E-state index >= 15 is 0 Å². The molecule has 0 bridgehead atoms. The summed E-state index contributed by atoms with van der Waals surface area (Å²) < 4.78 is 1.47. The fourth-order valence-corrected chi connectivity index (χ4v) is 3.93. The van der Waals surface area contributed by atoms with Crippen molar-refractivity contribution in [2.75, 3.05) is 11.1 Å². The van der Waals surface area contributed by atoms with Gasteiger partial charge in [0.05, 0.1) is 5.75 Å². The van der Waals surface area contributed by atoms with Crippen molar-refractivity contribution >= 4 is 29.1 Å². The molecule has 31 heavy (non-hydrogen) atoms. The van der Waals surface area contributed by atoms with Crippen LogP contribution in [0.2, 0.25) is 0 Å². The van der Waals surface area contributed by atoms with E-state index in [4.69, 9.17) is 0 Å². The second-order valence-corrected chi connectivity index (χ2v) is 8.44. The summed E-state index contributed by atoms with van der Waals surface area (Å²) in [5, 5.41) is 15.8. The maximum atomic E-state index is 12.4. The maximum absolute atomic E-state index is 12.4. The van der Waals surface area contributed by atoms with Gasteiger partial charge in [-0.3, -0.25) is 14.6 Å². The molecule has 0 spiro atoms. The number of carbonyl (C=O) groups is 1. The Hall–Kier alpha value is -3.46.